The number of nitrogen functional groups attached to an aromatic ring is 1. The first-order chi connectivity index (χ1) is 9.61. The highest BCUT2D eigenvalue weighted by atomic mass is 32.2. The second kappa shape index (κ2) is 5.41. The molecule has 0 spiro atoms. The molecule has 0 aromatic heterocycles. The Morgan fingerprint density at radius 3 is 2.85 bits per heavy atom. The van der Waals surface area contributed by atoms with Gasteiger partial charge in [0.1, 0.15) is 11.9 Å². The Bertz CT molecular complexity index is 639. The summed E-state index contributed by atoms with van der Waals surface area (Å²) >= 11 is 1.85. The summed E-state index contributed by atoms with van der Waals surface area (Å²) in [4.78, 5) is 1.29. The lowest BCUT2D eigenvalue weighted by Crippen LogP contribution is -2.15. The molecular weight excluding hydrogens is 266 g/mol. The van der Waals surface area contributed by atoms with Gasteiger partial charge in [-0.2, -0.15) is 0 Å². The number of nitrogens with two attached hydrogens (primary N) is 1. The molecule has 1 aliphatic rings. The molecule has 0 saturated carbocycles. The van der Waals surface area contributed by atoms with Crippen molar-refractivity contribution in [2.75, 3.05) is 11.5 Å². The van der Waals surface area contributed by atoms with E-state index in [4.69, 9.17) is 10.5 Å². The van der Waals surface area contributed by atoms with Gasteiger partial charge in [-0.3, -0.25) is 0 Å². The standard InChI is InChI=1S/C17H19NOS/c1-11-3-5-16-13(7-11)9-15(19-16)10-20-17-6-4-14(18)8-12(17)2/h3-8,15H,9-10,18H2,1-2H3. The van der Waals surface area contributed by atoms with E-state index in [0.29, 0.717) is 0 Å². The molecule has 1 unspecified atom stereocenters. The third-order valence-electron chi connectivity index (χ3n) is 3.58. The SMILES string of the molecule is Cc1ccc2c(c1)CC(CSc1ccc(N)cc1C)O2. The van der Waals surface area contributed by atoms with Crippen molar-refractivity contribution in [3.8, 4) is 5.75 Å². The molecule has 2 nitrogen and oxygen atoms in total. The van der Waals surface area contributed by atoms with Crippen molar-refractivity contribution >= 4 is 17.4 Å². The van der Waals surface area contributed by atoms with Gasteiger partial charge in [0.15, 0.2) is 0 Å². The van der Waals surface area contributed by atoms with E-state index in [-0.39, 0.29) is 6.10 Å². The van der Waals surface area contributed by atoms with E-state index in [2.05, 4.69) is 38.1 Å². The van der Waals surface area contributed by atoms with Crippen LogP contribution in [0.4, 0.5) is 5.69 Å². The summed E-state index contributed by atoms with van der Waals surface area (Å²) in [6.45, 7) is 4.23. The van der Waals surface area contributed by atoms with Crippen LogP contribution in [0.5, 0.6) is 5.75 Å². The topological polar surface area (TPSA) is 35.2 Å². The van der Waals surface area contributed by atoms with E-state index in [1.807, 2.05) is 23.9 Å². The van der Waals surface area contributed by atoms with Crippen LogP contribution in [0.15, 0.2) is 41.3 Å². The number of hydrogen-bond acceptors (Lipinski definition) is 3. The lowest BCUT2D eigenvalue weighted by atomic mass is 10.1. The molecule has 0 fully saturated rings. The Morgan fingerprint density at radius 2 is 2.05 bits per heavy atom. The number of rotatable bonds is 3. The lowest BCUT2D eigenvalue weighted by molar-refractivity contribution is 0.259. The minimum absolute atomic E-state index is 0.272. The lowest BCUT2D eigenvalue weighted by Gasteiger charge is -2.11. The molecule has 1 aliphatic heterocycles. The highest BCUT2D eigenvalue weighted by Gasteiger charge is 2.22. The van der Waals surface area contributed by atoms with Crippen molar-refractivity contribution in [1.29, 1.82) is 0 Å². The monoisotopic (exact) mass is 285 g/mol. The largest absolute Gasteiger partial charge is 0.489 e. The minimum atomic E-state index is 0.272. The molecule has 3 rings (SSSR count). The first-order valence-electron chi connectivity index (χ1n) is 6.87. The van der Waals surface area contributed by atoms with Crippen LogP contribution < -0.4 is 10.5 Å². The van der Waals surface area contributed by atoms with Crippen molar-refractivity contribution < 1.29 is 4.74 Å². The Balaban J connectivity index is 1.63. The van der Waals surface area contributed by atoms with Crippen molar-refractivity contribution in [3.05, 3.63) is 53.1 Å². The second-order valence-electron chi connectivity index (χ2n) is 5.39. The average molecular weight is 285 g/mol. The summed E-state index contributed by atoms with van der Waals surface area (Å²) < 4.78 is 6.00. The number of fused-ring (bicyclic) bond motifs is 1. The molecular formula is C17H19NOS. The maximum Gasteiger partial charge on any atom is 0.123 e. The van der Waals surface area contributed by atoms with Gasteiger partial charge in [0, 0.05) is 22.8 Å². The first-order valence-corrected chi connectivity index (χ1v) is 7.85. The maximum absolute atomic E-state index is 6.00. The third kappa shape index (κ3) is 2.78. The van der Waals surface area contributed by atoms with Gasteiger partial charge in [-0.25, -0.2) is 0 Å². The summed E-state index contributed by atoms with van der Waals surface area (Å²) in [6, 6.07) is 12.5. The average Bonchev–Trinajstić information content (AvgIpc) is 2.79. The Morgan fingerprint density at radius 1 is 1.20 bits per heavy atom. The van der Waals surface area contributed by atoms with Crippen LogP contribution in [0.1, 0.15) is 16.7 Å². The normalized spacial score (nSPS) is 16.8. The van der Waals surface area contributed by atoms with Crippen LogP contribution in [0.2, 0.25) is 0 Å². The summed E-state index contributed by atoms with van der Waals surface area (Å²) in [5.41, 5.74) is 10.5. The smallest absolute Gasteiger partial charge is 0.123 e. The second-order valence-corrected chi connectivity index (χ2v) is 6.45. The van der Waals surface area contributed by atoms with E-state index >= 15 is 0 Å². The van der Waals surface area contributed by atoms with Crippen LogP contribution >= 0.6 is 11.8 Å². The van der Waals surface area contributed by atoms with Crippen molar-refractivity contribution in [2.45, 2.75) is 31.3 Å². The Hall–Kier alpha value is -1.61. The van der Waals surface area contributed by atoms with E-state index in [9.17, 15) is 0 Å². The number of anilines is 1. The predicted molar refractivity (Wildman–Crippen MR) is 85.6 cm³/mol. The summed E-state index contributed by atoms with van der Waals surface area (Å²) in [5.74, 6) is 2.02. The molecule has 1 heterocycles. The highest BCUT2D eigenvalue weighted by Crippen LogP contribution is 2.33. The van der Waals surface area contributed by atoms with Gasteiger partial charge in [0.2, 0.25) is 0 Å². The quantitative estimate of drug-likeness (QED) is 0.684. The van der Waals surface area contributed by atoms with Gasteiger partial charge in [0.05, 0.1) is 0 Å². The van der Waals surface area contributed by atoms with E-state index in [0.717, 1.165) is 23.6 Å². The van der Waals surface area contributed by atoms with Crippen LogP contribution in [0.3, 0.4) is 0 Å². The zero-order valence-electron chi connectivity index (χ0n) is 11.8. The molecule has 0 amide bonds. The number of ether oxygens (including phenoxy) is 1. The summed E-state index contributed by atoms with van der Waals surface area (Å²) in [6.07, 6.45) is 1.28. The minimum Gasteiger partial charge on any atom is -0.489 e. The molecule has 2 N–H and O–H groups in total. The molecule has 2 aromatic carbocycles. The van der Waals surface area contributed by atoms with Gasteiger partial charge in [-0.1, -0.05) is 17.7 Å². The molecule has 2 aromatic rings. The molecule has 0 saturated heterocycles. The molecule has 3 heteroatoms. The highest BCUT2D eigenvalue weighted by molar-refractivity contribution is 7.99. The van der Waals surface area contributed by atoms with Gasteiger partial charge in [0.25, 0.3) is 0 Å². The fourth-order valence-electron chi connectivity index (χ4n) is 2.56. The fourth-order valence-corrected chi connectivity index (χ4v) is 3.56. The number of hydrogen-bond donors (Lipinski definition) is 1. The van der Waals surface area contributed by atoms with Crippen molar-refractivity contribution in [3.63, 3.8) is 0 Å². The van der Waals surface area contributed by atoms with Gasteiger partial charge >= 0.3 is 0 Å². The number of thioether (sulfide) groups is 1. The summed E-state index contributed by atoms with van der Waals surface area (Å²) in [7, 11) is 0. The molecule has 1 atom stereocenters. The molecule has 0 aliphatic carbocycles. The molecule has 0 bridgehead atoms. The molecule has 20 heavy (non-hydrogen) atoms. The Kier molecular flexibility index (Phi) is 3.62. The molecule has 104 valence electrons. The Labute approximate surface area is 124 Å². The van der Waals surface area contributed by atoms with Crippen molar-refractivity contribution in [1.82, 2.24) is 0 Å². The van der Waals surface area contributed by atoms with Crippen LogP contribution in [-0.4, -0.2) is 11.9 Å². The van der Waals surface area contributed by atoms with Gasteiger partial charge in [-0.15, -0.1) is 11.8 Å². The van der Waals surface area contributed by atoms with Crippen LogP contribution in [0.25, 0.3) is 0 Å². The zero-order valence-corrected chi connectivity index (χ0v) is 12.7. The maximum atomic E-state index is 6.00. The predicted octanol–water partition coefficient (Wildman–Crippen LogP) is 3.98. The summed E-state index contributed by atoms with van der Waals surface area (Å²) in [5, 5.41) is 0. The van der Waals surface area contributed by atoms with Crippen LogP contribution in [-0.2, 0) is 6.42 Å². The fraction of sp³-hybridized carbons (Fsp3) is 0.294. The number of benzene rings is 2. The van der Waals surface area contributed by atoms with Gasteiger partial charge < -0.3 is 10.5 Å². The zero-order chi connectivity index (χ0) is 14.1. The third-order valence-corrected chi connectivity index (χ3v) is 4.89. The number of aryl methyl sites for hydroxylation is 2. The van der Waals surface area contributed by atoms with E-state index in [1.54, 1.807) is 0 Å². The van der Waals surface area contributed by atoms with Crippen LogP contribution in [0, 0.1) is 13.8 Å². The first kappa shape index (κ1) is 13.4. The van der Waals surface area contributed by atoms with E-state index in [1.165, 1.54) is 21.6 Å². The van der Waals surface area contributed by atoms with Gasteiger partial charge in [-0.05, 0) is 49.2 Å². The van der Waals surface area contributed by atoms with E-state index < -0.39 is 0 Å². The molecule has 0 radical (unpaired) electrons. The van der Waals surface area contributed by atoms with Crippen molar-refractivity contribution in [2.24, 2.45) is 0 Å².